The second kappa shape index (κ2) is 7.55. The minimum absolute atomic E-state index is 0.112. The molecule has 1 aromatic carbocycles. The predicted octanol–water partition coefficient (Wildman–Crippen LogP) is 1.98. The molecule has 24 heavy (non-hydrogen) atoms. The number of benzene rings is 1. The molecule has 1 saturated heterocycles. The van der Waals surface area contributed by atoms with E-state index in [0.717, 1.165) is 0 Å². The molecular weight excluding hydrogens is 325 g/mol. The third-order valence-corrected chi connectivity index (χ3v) is 3.89. The summed E-state index contributed by atoms with van der Waals surface area (Å²) in [7, 11) is 1.50. The quantitative estimate of drug-likeness (QED) is 0.831. The summed E-state index contributed by atoms with van der Waals surface area (Å²) in [5.74, 6) is -1.79. The smallest absolute Gasteiger partial charge is 0.408 e. The summed E-state index contributed by atoms with van der Waals surface area (Å²) in [6, 6.07) is 7.14. The number of likely N-dealkylation sites (N-methyl/N-ethyl adjacent to an activating group) is 1. The third kappa shape index (κ3) is 4.62. The van der Waals surface area contributed by atoms with Gasteiger partial charge in [0, 0.05) is 7.05 Å². The number of amides is 2. The number of piperidine rings is 1. The van der Waals surface area contributed by atoms with Gasteiger partial charge in [0.25, 0.3) is 0 Å². The highest BCUT2D eigenvalue weighted by molar-refractivity contribution is 6.00. The molecule has 5 nitrogen and oxygen atoms in total. The molecule has 0 aliphatic carbocycles. The van der Waals surface area contributed by atoms with Crippen LogP contribution >= 0.6 is 0 Å². The van der Waals surface area contributed by atoms with Crippen molar-refractivity contribution in [3.05, 3.63) is 30.3 Å². The molecule has 2 rings (SSSR count). The van der Waals surface area contributed by atoms with E-state index in [1.165, 1.54) is 11.9 Å². The van der Waals surface area contributed by atoms with E-state index in [0.29, 0.717) is 5.75 Å². The molecule has 1 N–H and O–H groups in total. The van der Waals surface area contributed by atoms with E-state index in [1.54, 1.807) is 12.1 Å². The summed E-state index contributed by atoms with van der Waals surface area (Å²) >= 11 is 0. The number of alkyl halides is 3. The van der Waals surface area contributed by atoms with E-state index in [4.69, 9.17) is 4.74 Å². The predicted molar refractivity (Wildman–Crippen MR) is 80.3 cm³/mol. The number of para-hydroxylation sites is 1. The van der Waals surface area contributed by atoms with Crippen LogP contribution in [0.2, 0.25) is 0 Å². The van der Waals surface area contributed by atoms with E-state index in [2.05, 4.69) is 0 Å². The molecule has 1 aliphatic heterocycles. The number of nitrogens with one attached hydrogen (secondary N) is 1. The zero-order chi connectivity index (χ0) is 17.7. The normalized spacial score (nSPS) is 21.1. The number of hydrogen-bond acceptors (Lipinski definition) is 3. The molecule has 1 aromatic rings. The van der Waals surface area contributed by atoms with Crippen LogP contribution in [0.4, 0.5) is 13.2 Å². The summed E-state index contributed by atoms with van der Waals surface area (Å²) in [6.45, 7) is 0.464. The first kappa shape index (κ1) is 18.1. The van der Waals surface area contributed by atoms with E-state index < -0.39 is 30.0 Å². The van der Waals surface area contributed by atoms with Gasteiger partial charge in [-0.1, -0.05) is 18.2 Å². The van der Waals surface area contributed by atoms with Gasteiger partial charge in [-0.15, -0.1) is 0 Å². The standard InChI is InChI=1S/C16H19F3N2O3/c1-21(9-10-24-11-5-3-2-4-6-11)15(23)12-7-8-13(16(17,18)19)20-14(12)22/h2-6,12-13H,7-10H2,1H3,(H,20,22)/t12-,13+/m0/s1. The van der Waals surface area contributed by atoms with Gasteiger partial charge >= 0.3 is 6.18 Å². The highest BCUT2D eigenvalue weighted by atomic mass is 19.4. The largest absolute Gasteiger partial charge is 0.492 e. The highest BCUT2D eigenvalue weighted by Crippen LogP contribution is 2.29. The number of halogens is 3. The average Bonchev–Trinajstić information content (AvgIpc) is 2.54. The first-order chi connectivity index (χ1) is 11.3. The lowest BCUT2D eigenvalue weighted by Crippen LogP contribution is -2.54. The number of carbonyl (C=O) groups excluding carboxylic acids is 2. The van der Waals surface area contributed by atoms with E-state index >= 15 is 0 Å². The Balaban J connectivity index is 1.82. The summed E-state index contributed by atoms with van der Waals surface area (Å²) in [4.78, 5) is 25.3. The van der Waals surface area contributed by atoms with Crippen LogP contribution in [0, 0.1) is 5.92 Å². The Labute approximate surface area is 137 Å². The van der Waals surface area contributed by atoms with Gasteiger partial charge in [-0.25, -0.2) is 0 Å². The van der Waals surface area contributed by atoms with Gasteiger partial charge in [0.15, 0.2) is 0 Å². The van der Waals surface area contributed by atoms with Crippen LogP contribution in [0.15, 0.2) is 30.3 Å². The molecule has 0 radical (unpaired) electrons. The van der Waals surface area contributed by atoms with Gasteiger partial charge in [-0.3, -0.25) is 9.59 Å². The lowest BCUT2D eigenvalue weighted by molar-refractivity contribution is -0.172. The van der Waals surface area contributed by atoms with Crippen LogP contribution in [0.5, 0.6) is 5.75 Å². The Bertz CT molecular complexity index is 578. The molecule has 0 aromatic heterocycles. The fraction of sp³-hybridized carbons (Fsp3) is 0.500. The molecule has 2 amide bonds. The Morgan fingerprint density at radius 2 is 1.96 bits per heavy atom. The molecule has 8 heteroatoms. The maximum atomic E-state index is 12.6. The minimum atomic E-state index is -4.49. The van der Waals surface area contributed by atoms with Crippen molar-refractivity contribution >= 4 is 11.8 Å². The van der Waals surface area contributed by atoms with Crippen LogP contribution < -0.4 is 10.1 Å². The van der Waals surface area contributed by atoms with Crippen molar-refractivity contribution in [1.29, 1.82) is 0 Å². The molecular formula is C16H19F3N2O3. The molecule has 1 aliphatic rings. The van der Waals surface area contributed by atoms with Crippen LogP contribution in [0.1, 0.15) is 12.8 Å². The summed E-state index contributed by atoms with van der Waals surface area (Å²) < 4.78 is 43.3. The number of nitrogens with zero attached hydrogens (tertiary/aromatic N) is 1. The van der Waals surface area contributed by atoms with Gasteiger partial charge in [-0.2, -0.15) is 13.2 Å². The lowest BCUT2D eigenvalue weighted by Gasteiger charge is -2.31. The zero-order valence-electron chi connectivity index (χ0n) is 13.2. The van der Waals surface area contributed by atoms with Gasteiger partial charge in [0.1, 0.15) is 24.3 Å². The van der Waals surface area contributed by atoms with Crippen molar-refractivity contribution in [3.8, 4) is 5.75 Å². The number of ether oxygens (including phenoxy) is 1. The first-order valence-electron chi connectivity index (χ1n) is 7.59. The average molecular weight is 344 g/mol. The third-order valence-electron chi connectivity index (χ3n) is 3.89. The summed E-state index contributed by atoms with van der Waals surface area (Å²) in [5, 5.41) is 1.88. The van der Waals surface area contributed by atoms with Crippen molar-refractivity contribution in [2.24, 2.45) is 5.92 Å². The fourth-order valence-electron chi connectivity index (χ4n) is 2.48. The van der Waals surface area contributed by atoms with Crippen molar-refractivity contribution in [2.75, 3.05) is 20.2 Å². The first-order valence-corrected chi connectivity index (χ1v) is 7.59. The van der Waals surface area contributed by atoms with Crippen LogP contribution in [0.3, 0.4) is 0 Å². The second-order valence-corrected chi connectivity index (χ2v) is 5.65. The van der Waals surface area contributed by atoms with Gasteiger partial charge in [0.05, 0.1) is 6.54 Å². The second-order valence-electron chi connectivity index (χ2n) is 5.65. The van der Waals surface area contributed by atoms with Crippen molar-refractivity contribution in [1.82, 2.24) is 10.2 Å². The number of rotatable bonds is 5. The molecule has 132 valence electrons. The van der Waals surface area contributed by atoms with E-state index in [9.17, 15) is 22.8 Å². The van der Waals surface area contributed by atoms with Crippen molar-refractivity contribution < 1.29 is 27.5 Å². The molecule has 0 unspecified atom stereocenters. The molecule has 1 heterocycles. The van der Waals surface area contributed by atoms with Crippen LogP contribution in [-0.2, 0) is 9.59 Å². The molecule has 0 saturated carbocycles. The van der Waals surface area contributed by atoms with Gasteiger partial charge in [-0.05, 0) is 25.0 Å². The Kier molecular flexibility index (Phi) is 5.69. The molecule has 0 spiro atoms. The Hall–Kier alpha value is -2.25. The SMILES string of the molecule is CN(CCOc1ccccc1)C(=O)[C@H]1CC[C@H](C(F)(F)F)NC1=O. The van der Waals surface area contributed by atoms with Crippen molar-refractivity contribution in [3.63, 3.8) is 0 Å². The monoisotopic (exact) mass is 344 g/mol. The molecule has 0 bridgehead atoms. The highest BCUT2D eigenvalue weighted by Gasteiger charge is 2.46. The number of carbonyl (C=O) groups is 2. The minimum Gasteiger partial charge on any atom is -0.492 e. The maximum Gasteiger partial charge on any atom is 0.408 e. The Morgan fingerprint density at radius 1 is 1.29 bits per heavy atom. The lowest BCUT2D eigenvalue weighted by atomic mass is 9.92. The fourth-order valence-corrected chi connectivity index (χ4v) is 2.48. The zero-order valence-corrected chi connectivity index (χ0v) is 13.2. The topological polar surface area (TPSA) is 58.6 Å². The van der Waals surface area contributed by atoms with E-state index in [1.807, 2.05) is 23.5 Å². The van der Waals surface area contributed by atoms with Crippen LogP contribution in [0.25, 0.3) is 0 Å². The summed E-state index contributed by atoms with van der Waals surface area (Å²) in [6.07, 6.45) is -4.89. The maximum absolute atomic E-state index is 12.6. The Morgan fingerprint density at radius 3 is 2.54 bits per heavy atom. The van der Waals surface area contributed by atoms with Gasteiger partial charge in [0.2, 0.25) is 11.8 Å². The van der Waals surface area contributed by atoms with Crippen LogP contribution in [-0.4, -0.2) is 49.1 Å². The summed E-state index contributed by atoms with van der Waals surface area (Å²) in [5.41, 5.74) is 0. The molecule has 1 fully saturated rings. The van der Waals surface area contributed by atoms with Crippen molar-refractivity contribution in [2.45, 2.75) is 25.1 Å². The number of hydrogen-bond donors (Lipinski definition) is 1. The molecule has 2 atom stereocenters. The van der Waals surface area contributed by atoms with E-state index in [-0.39, 0.29) is 26.0 Å². The van der Waals surface area contributed by atoms with Gasteiger partial charge < -0.3 is 15.0 Å².